The van der Waals surface area contributed by atoms with Crippen molar-refractivity contribution in [2.75, 3.05) is 38.5 Å². The van der Waals surface area contributed by atoms with Crippen LogP contribution in [-0.2, 0) is 6.18 Å². The van der Waals surface area contributed by atoms with Crippen LogP contribution in [0.3, 0.4) is 0 Å². The zero-order valence-corrected chi connectivity index (χ0v) is 19.8. The standard InChI is InChI=1S/C24H31F5N6/c1-13(2)35-20(10-19(32-35)14-7-18(24(27,28)29)23(30)31-11-14)22-16-8-15(9-17(16)22)34-5-3-33(4-6-34)12-21(25)26/h7,10-11,13,15-17,21-22H,3-6,8-9,12H2,1-2H3,(H2,30,31)/t15?,16-,17+,22+. The van der Waals surface area contributed by atoms with Crippen LogP contribution in [0.5, 0.6) is 0 Å². The van der Waals surface area contributed by atoms with Gasteiger partial charge in [0, 0.05) is 61.6 Å². The molecule has 6 nitrogen and oxygen atoms in total. The average Bonchev–Trinajstić information content (AvgIpc) is 3.13. The Morgan fingerprint density at radius 1 is 1.06 bits per heavy atom. The van der Waals surface area contributed by atoms with Crippen LogP contribution >= 0.6 is 0 Å². The van der Waals surface area contributed by atoms with Gasteiger partial charge < -0.3 is 5.73 Å². The Labute approximate surface area is 201 Å². The predicted molar refractivity (Wildman–Crippen MR) is 122 cm³/mol. The number of fused-ring (bicyclic) bond motifs is 1. The largest absolute Gasteiger partial charge is 0.419 e. The molecule has 1 unspecified atom stereocenters. The molecule has 2 aromatic rings. The first-order valence-electron chi connectivity index (χ1n) is 12.2. The van der Waals surface area contributed by atoms with E-state index in [1.54, 1.807) is 0 Å². The zero-order valence-electron chi connectivity index (χ0n) is 19.8. The number of rotatable bonds is 6. The third-order valence-corrected chi connectivity index (χ3v) is 7.85. The first kappa shape index (κ1) is 24.4. The van der Waals surface area contributed by atoms with Gasteiger partial charge in [0.25, 0.3) is 6.43 Å². The highest BCUT2D eigenvalue weighted by atomic mass is 19.4. The molecule has 0 spiro atoms. The molecule has 2 aliphatic carbocycles. The van der Waals surface area contributed by atoms with Gasteiger partial charge in [0.05, 0.1) is 17.8 Å². The normalized spacial score (nSPS) is 27.7. The molecule has 0 radical (unpaired) electrons. The van der Waals surface area contributed by atoms with Crippen LogP contribution in [0.1, 0.15) is 49.9 Å². The van der Waals surface area contributed by atoms with E-state index in [1.165, 1.54) is 6.20 Å². The van der Waals surface area contributed by atoms with Crippen LogP contribution in [0.15, 0.2) is 18.3 Å². The van der Waals surface area contributed by atoms with Gasteiger partial charge in [-0.15, -0.1) is 0 Å². The van der Waals surface area contributed by atoms with Crippen molar-refractivity contribution >= 4 is 5.82 Å². The Morgan fingerprint density at radius 2 is 1.71 bits per heavy atom. The molecular formula is C24H31F5N6. The number of pyridine rings is 1. The van der Waals surface area contributed by atoms with Crippen LogP contribution in [0.4, 0.5) is 27.8 Å². The molecule has 4 atom stereocenters. The Balaban J connectivity index is 1.28. The van der Waals surface area contributed by atoms with Crippen LogP contribution in [-0.4, -0.2) is 69.8 Å². The van der Waals surface area contributed by atoms with E-state index in [0.29, 0.717) is 48.1 Å². The second-order valence-corrected chi connectivity index (χ2v) is 10.4. The third kappa shape index (κ3) is 4.76. The second kappa shape index (κ2) is 8.99. The highest BCUT2D eigenvalue weighted by Gasteiger charge is 2.58. The fourth-order valence-corrected chi connectivity index (χ4v) is 6.11. The average molecular weight is 499 g/mol. The van der Waals surface area contributed by atoms with Crippen LogP contribution in [0, 0.1) is 11.8 Å². The van der Waals surface area contributed by atoms with E-state index in [4.69, 9.17) is 5.73 Å². The Kier molecular flexibility index (Phi) is 6.27. The molecular weight excluding hydrogens is 467 g/mol. The van der Waals surface area contributed by atoms with E-state index in [-0.39, 0.29) is 12.6 Å². The monoisotopic (exact) mass is 498 g/mol. The lowest BCUT2D eigenvalue weighted by Crippen LogP contribution is -2.51. The van der Waals surface area contributed by atoms with Crippen molar-refractivity contribution in [2.24, 2.45) is 11.8 Å². The van der Waals surface area contributed by atoms with Crippen LogP contribution in [0.25, 0.3) is 11.3 Å². The SMILES string of the molecule is CC(C)n1nc(-c2cnc(N)c(C(F)(F)F)c2)cc1[C@H]1[C@@H]2CC(N3CCN(CC(F)F)CC3)C[C@@H]21. The van der Waals surface area contributed by atoms with Crippen LogP contribution in [0.2, 0.25) is 0 Å². The van der Waals surface area contributed by atoms with Gasteiger partial charge in [-0.1, -0.05) is 0 Å². The number of anilines is 1. The molecule has 192 valence electrons. The summed E-state index contributed by atoms with van der Waals surface area (Å²) in [6, 6.07) is 3.48. The number of nitrogens with zero attached hydrogens (tertiary/aromatic N) is 5. The van der Waals surface area contributed by atoms with Gasteiger partial charge in [0.1, 0.15) is 5.82 Å². The van der Waals surface area contributed by atoms with Crippen molar-refractivity contribution in [2.45, 2.75) is 57.3 Å². The molecule has 1 aliphatic heterocycles. The molecule has 2 N–H and O–H groups in total. The molecule has 5 rings (SSSR count). The zero-order chi connectivity index (χ0) is 25.1. The van der Waals surface area contributed by atoms with E-state index in [9.17, 15) is 22.0 Å². The van der Waals surface area contributed by atoms with Gasteiger partial charge >= 0.3 is 6.18 Å². The maximum atomic E-state index is 13.3. The molecule has 1 saturated heterocycles. The molecule has 0 bridgehead atoms. The number of alkyl halides is 5. The topological polar surface area (TPSA) is 63.2 Å². The van der Waals surface area contributed by atoms with Crippen LogP contribution < -0.4 is 5.73 Å². The first-order chi connectivity index (χ1) is 16.5. The minimum atomic E-state index is -4.58. The molecule has 2 saturated carbocycles. The molecule has 0 amide bonds. The quantitative estimate of drug-likeness (QED) is 0.595. The summed E-state index contributed by atoms with van der Waals surface area (Å²) in [6.07, 6.45) is -3.40. The smallest absolute Gasteiger partial charge is 0.383 e. The highest BCUT2D eigenvalue weighted by molar-refractivity contribution is 5.63. The summed E-state index contributed by atoms with van der Waals surface area (Å²) < 4.78 is 67.2. The summed E-state index contributed by atoms with van der Waals surface area (Å²) in [5.41, 5.74) is 6.36. The van der Waals surface area contributed by atoms with Crippen molar-refractivity contribution in [1.29, 1.82) is 0 Å². The first-order valence-corrected chi connectivity index (χ1v) is 12.2. The Bertz CT molecular complexity index is 1050. The maximum Gasteiger partial charge on any atom is 0.419 e. The molecule has 35 heavy (non-hydrogen) atoms. The lowest BCUT2D eigenvalue weighted by molar-refractivity contribution is -0.137. The Morgan fingerprint density at radius 3 is 2.29 bits per heavy atom. The molecule has 0 aromatic carbocycles. The van der Waals surface area contributed by atoms with E-state index in [0.717, 1.165) is 37.7 Å². The van der Waals surface area contributed by atoms with Crippen molar-refractivity contribution in [3.05, 3.63) is 29.6 Å². The fraction of sp³-hybridized carbons (Fsp3) is 0.667. The van der Waals surface area contributed by atoms with Crippen molar-refractivity contribution < 1.29 is 22.0 Å². The third-order valence-electron chi connectivity index (χ3n) is 7.85. The van der Waals surface area contributed by atoms with Crippen molar-refractivity contribution in [1.82, 2.24) is 24.6 Å². The summed E-state index contributed by atoms with van der Waals surface area (Å²) in [7, 11) is 0. The number of halogens is 5. The number of hydrogen-bond donors (Lipinski definition) is 1. The van der Waals surface area contributed by atoms with Crippen molar-refractivity contribution in [3.63, 3.8) is 0 Å². The minimum absolute atomic E-state index is 0.0719. The van der Waals surface area contributed by atoms with Gasteiger partial charge in [-0.25, -0.2) is 13.8 Å². The summed E-state index contributed by atoms with van der Waals surface area (Å²) in [5, 5.41) is 4.65. The van der Waals surface area contributed by atoms with Gasteiger partial charge in [0.2, 0.25) is 0 Å². The second-order valence-electron chi connectivity index (χ2n) is 10.4. The van der Waals surface area contributed by atoms with Gasteiger partial charge in [-0.05, 0) is 50.7 Å². The summed E-state index contributed by atoms with van der Waals surface area (Å²) in [4.78, 5) is 8.04. The summed E-state index contributed by atoms with van der Waals surface area (Å²) in [6.45, 7) is 6.88. The van der Waals surface area contributed by atoms with Gasteiger partial charge in [-0.3, -0.25) is 14.5 Å². The van der Waals surface area contributed by atoms with Gasteiger partial charge in [-0.2, -0.15) is 18.3 Å². The van der Waals surface area contributed by atoms with Gasteiger partial charge in [0.15, 0.2) is 0 Å². The number of nitrogens with two attached hydrogens (primary N) is 1. The van der Waals surface area contributed by atoms with E-state index in [1.807, 2.05) is 29.5 Å². The maximum absolute atomic E-state index is 13.3. The number of hydrogen-bond acceptors (Lipinski definition) is 5. The number of aromatic nitrogens is 3. The molecule has 11 heteroatoms. The number of nitrogen functional groups attached to an aromatic ring is 1. The molecule has 3 aliphatic rings. The fourth-order valence-electron chi connectivity index (χ4n) is 6.11. The molecule has 3 heterocycles. The Hall–Kier alpha value is -2.27. The van der Waals surface area contributed by atoms with E-state index < -0.39 is 24.0 Å². The van der Waals surface area contributed by atoms with E-state index >= 15 is 0 Å². The highest BCUT2D eigenvalue weighted by Crippen LogP contribution is 2.64. The summed E-state index contributed by atoms with van der Waals surface area (Å²) in [5.74, 6) is 0.856. The molecule has 2 aromatic heterocycles. The lowest BCUT2D eigenvalue weighted by Gasteiger charge is -2.38. The lowest BCUT2D eigenvalue weighted by atomic mass is 10.0. The predicted octanol–water partition coefficient (Wildman–Crippen LogP) is 4.50. The summed E-state index contributed by atoms with van der Waals surface area (Å²) >= 11 is 0. The molecule has 3 fully saturated rings. The minimum Gasteiger partial charge on any atom is -0.383 e. The number of piperazine rings is 1. The van der Waals surface area contributed by atoms with E-state index in [2.05, 4.69) is 15.0 Å². The van der Waals surface area contributed by atoms with Crippen molar-refractivity contribution in [3.8, 4) is 11.3 Å².